The van der Waals surface area contributed by atoms with E-state index in [0.29, 0.717) is 0 Å². The van der Waals surface area contributed by atoms with Gasteiger partial charge in [-0.05, 0) is 19.8 Å². The molecule has 2 aliphatic heterocycles. The maximum atomic E-state index is 12.1. The Kier molecular flexibility index (Phi) is 4.98. The molecule has 0 radical (unpaired) electrons. The average molecular weight is 287 g/mol. The molecule has 5 unspecified atom stereocenters. The Morgan fingerprint density at radius 3 is 2.20 bits per heavy atom. The molecule has 0 aliphatic carbocycles. The standard InChI is InChI=1S/C13H25N3O4/c1-8-10(17)12(19)11(18)9(13(20)14-2)16(8)15-6-4-3-5-7-15/h8-12,17-19H,3-7H2,1-2H3,(H,14,20). The Morgan fingerprint density at radius 2 is 1.65 bits per heavy atom. The van der Waals surface area contributed by atoms with Gasteiger partial charge in [0, 0.05) is 20.1 Å². The molecule has 0 aromatic carbocycles. The molecule has 7 nitrogen and oxygen atoms in total. The molecule has 0 spiro atoms. The van der Waals surface area contributed by atoms with Crippen molar-refractivity contribution >= 4 is 5.91 Å². The molecule has 20 heavy (non-hydrogen) atoms. The van der Waals surface area contributed by atoms with Gasteiger partial charge in [-0.3, -0.25) is 4.79 Å². The van der Waals surface area contributed by atoms with Crippen LogP contribution in [0.1, 0.15) is 26.2 Å². The van der Waals surface area contributed by atoms with Crippen LogP contribution in [0.25, 0.3) is 0 Å². The number of aliphatic hydroxyl groups is 3. The Bertz CT molecular complexity index is 347. The summed E-state index contributed by atoms with van der Waals surface area (Å²) in [4.78, 5) is 12.1. The molecule has 2 saturated heterocycles. The van der Waals surface area contributed by atoms with Crippen molar-refractivity contribution in [1.82, 2.24) is 15.3 Å². The summed E-state index contributed by atoms with van der Waals surface area (Å²) in [6.07, 6.45) is -0.488. The van der Waals surface area contributed by atoms with Gasteiger partial charge in [-0.2, -0.15) is 0 Å². The quantitative estimate of drug-likeness (QED) is 0.483. The molecule has 2 aliphatic rings. The first-order valence-electron chi connectivity index (χ1n) is 7.28. The Morgan fingerprint density at radius 1 is 1.05 bits per heavy atom. The average Bonchev–Trinajstić information content (AvgIpc) is 2.48. The van der Waals surface area contributed by atoms with E-state index in [1.54, 1.807) is 11.9 Å². The normalized spacial score (nSPS) is 40.5. The Labute approximate surface area is 119 Å². The van der Waals surface area contributed by atoms with Crippen LogP contribution in [0, 0.1) is 0 Å². The summed E-state index contributed by atoms with van der Waals surface area (Å²) in [5, 5.41) is 36.5. The molecular formula is C13H25N3O4. The molecule has 1 amide bonds. The molecule has 0 aromatic rings. The van der Waals surface area contributed by atoms with Crippen molar-refractivity contribution in [3.8, 4) is 0 Å². The fraction of sp³-hybridized carbons (Fsp3) is 0.923. The van der Waals surface area contributed by atoms with E-state index in [4.69, 9.17) is 0 Å². The van der Waals surface area contributed by atoms with E-state index >= 15 is 0 Å². The minimum Gasteiger partial charge on any atom is -0.389 e. The lowest BCUT2D eigenvalue weighted by Crippen LogP contribution is -2.72. The maximum absolute atomic E-state index is 12.1. The van der Waals surface area contributed by atoms with E-state index in [1.165, 1.54) is 7.05 Å². The highest BCUT2D eigenvalue weighted by Crippen LogP contribution is 2.28. The summed E-state index contributed by atoms with van der Waals surface area (Å²) in [5.74, 6) is -0.346. The minimum atomic E-state index is -1.31. The third-order valence-electron chi connectivity index (χ3n) is 4.39. The number of nitrogens with zero attached hydrogens (tertiary/aromatic N) is 2. The van der Waals surface area contributed by atoms with Gasteiger partial charge in [-0.15, -0.1) is 0 Å². The number of piperidine rings is 2. The second kappa shape index (κ2) is 6.36. The highest BCUT2D eigenvalue weighted by atomic mass is 16.4. The first-order chi connectivity index (χ1) is 9.49. The van der Waals surface area contributed by atoms with E-state index in [-0.39, 0.29) is 5.91 Å². The fourth-order valence-electron chi connectivity index (χ4n) is 3.21. The molecule has 5 atom stereocenters. The van der Waals surface area contributed by atoms with Gasteiger partial charge < -0.3 is 20.6 Å². The van der Waals surface area contributed by atoms with Crippen molar-refractivity contribution in [1.29, 1.82) is 0 Å². The summed E-state index contributed by atoms with van der Waals surface area (Å²) in [6.45, 7) is 3.37. The summed E-state index contributed by atoms with van der Waals surface area (Å²) in [5.41, 5.74) is 0. The van der Waals surface area contributed by atoms with Crippen LogP contribution in [0.5, 0.6) is 0 Å². The van der Waals surface area contributed by atoms with E-state index in [2.05, 4.69) is 5.32 Å². The van der Waals surface area contributed by atoms with Gasteiger partial charge in [-0.1, -0.05) is 6.42 Å². The van der Waals surface area contributed by atoms with Crippen LogP contribution in [0.15, 0.2) is 0 Å². The molecular weight excluding hydrogens is 262 g/mol. The Balaban J connectivity index is 2.28. The number of aliphatic hydroxyl groups excluding tert-OH is 3. The number of hydrazine groups is 1. The molecule has 116 valence electrons. The third kappa shape index (κ3) is 2.68. The number of carbonyl (C=O) groups excluding carboxylic acids is 1. The minimum absolute atomic E-state index is 0.346. The van der Waals surface area contributed by atoms with Crippen molar-refractivity contribution in [2.45, 2.75) is 56.6 Å². The number of carbonyl (C=O) groups is 1. The number of amides is 1. The lowest BCUT2D eigenvalue weighted by Gasteiger charge is -2.52. The zero-order valence-electron chi connectivity index (χ0n) is 12.1. The van der Waals surface area contributed by atoms with E-state index in [1.807, 2.05) is 5.01 Å². The second-order valence-corrected chi connectivity index (χ2v) is 5.67. The lowest BCUT2D eigenvalue weighted by molar-refractivity contribution is -0.224. The van der Waals surface area contributed by atoms with Gasteiger partial charge in [-0.25, -0.2) is 10.0 Å². The van der Waals surface area contributed by atoms with E-state index in [9.17, 15) is 20.1 Å². The van der Waals surface area contributed by atoms with Crippen LogP contribution in [0.3, 0.4) is 0 Å². The van der Waals surface area contributed by atoms with Crippen LogP contribution in [-0.4, -0.2) is 81.8 Å². The van der Waals surface area contributed by atoms with Crippen LogP contribution in [0.2, 0.25) is 0 Å². The summed E-state index contributed by atoms with van der Waals surface area (Å²) in [7, 11) is 1.51. The molecule has 0 saturated carbocycles. The largest absolute Gasteiger partial charge is 0.389 e. The smallest absolute Gasteiger partial charge is 0.241 e. The number of nitrogens with one attached hydrogen (secondary N) is 1. The van der Waals surface area contributed by atoms with E-state index in [0.717, 1.165) is 32.4 Å². The van der Waals surface area contributed by atoms with Crippen LogP contribution < -0.4 is 5.32 Å². The zero-order chi connectivity index (χ0) is 14.9. The summed E-state index contributed by atoms with van der Waals surface area (Å²) >= 11 is 0. The van der Waals surface area contributed by atoms with Gasteiger partial charge in [0.15, 0.2) is 0 Å². The molecule has 2 heterocycles. The predicted octanol–water partition coefficient (Wildman–Crippen LogP) is -1.71. The topological polar surface area (TPSA) is 96.3 Å². The van der Waals surface area contributed by atoms with Gasteiger partial charge >= 0.3 is 0 Å². The molecule has 4 N–H and O–H groups in total. The van der Waals surface area contributed by atoms with Crippen LogP contribution >= 0.6 is 0 Å². The van der Waals surface area contributed by atoms with Crippen molar-refractivity contribution in [3.63, 3.8) is 0 Å². The number of hydrogen-bond donors (Lipinski definition) is 4. The summed E-state index contributed by atoms with van der Waals surface area (Å²) < 4.78 is 0. The molecule has 2 rings (SSSR count). The fourth-order valence-corrected chi connectivity index (χ4v) is 3.21. The zero-order valence-corrected chi connectivity index (χ0v) is 12.1. The maximum Gasteiger partial charge on any atom is 0.241 e. The monoisotopic (exact) mass is 287 g/mol. The highest BCUT2D eigenvalue weighted by Gasteiger charge is 2.50. The van der Waals surface area contributed by atoms with Crippen molar-refractivity contribution in [2.24, 2.45) is 0 Å². The molecule has 0 bridgehead atoms. The summed E-state index contributed by atoms with van der Waals surface area (Å²) in [6, 6.07) is -1.29. The van der Waals surface area contributed by atoms with Crippen LogP contribution in [0.4, 0.5) is 0 Å². The first-order valence-corrected chi connectivity index (χ1v) is 7.28. The number of rotatable bonds is 2. The lowest BCUT2D eigenvalue weighted by atomic mass is 9.89. The number of hydrogen-bond acceptors (Lipinski definition) is 6. The van der Waals surface area contributed by atoms with Crippen molar-refractivity contribution in [2.75, 3.05) is 20.1 Å². The van der Waals surface area contributed by atoms with E-state index < -0.39 is 30.4 Å². The Hall–Kier alpha value is -0.730. The third-order valence-corrected chi connectivity index (χ3v) is 4.39. The second-order valence-electron chi connectivity index (χ2n) is 5.67. The van der Waals surface area contributed by atoms with Crippen molar-refractivity contribution in [3.05, 3.63) is 0 Å². The SMILES string of the molecule is CNC(=O)C1C(O)C(O)C(O)C(C)N1N1CCCCC1. The van der Waals surface area contributed by atoms with Gasteiger partial charge in [0.25, 0.3) is 0 Å². The molecule has 7 heteroatoms. The first kappa shape index (κ1) is 15.7. The van der Waals surface area contributed by atoms with Gasteiger partial charge in [0.05, 0.1) is 12.1 Å². The van der Waals surface area contributed by atoms with Gasteiger partial charge in [0.2, 0.25) is 5.91 Å². The van der Waals surface area contributed by atoms with Crippen molar-refractivity contribution < 1.29 is 20.1 Å². The molecule has 2 fully saturated rings. The predicted molar refractivity (Wildman–Crippen MR) is 72.6 cm³/mol. The number of likely N-dealkylation sites (N-methyl/N-ethyl adjacent to an activating group) is 1. The highest BCUT2D eigenvalue weighted by molar-refractivity contribution is 5.82. The molecule has 0 aromatic heterocycles. The van der Waals surface area contributed by atoms with Crippen LogP contribution in [-0.2, 0) is 4.79 Å². The van der Waals surface area contributed by atoms with Gasteiger partial charge in [0.1, 0.15) is 18.2 Å².